The number of furan rings is 1. The van der Waals surface area contributed by atoms with Gasteiger partial charge in [0.15, 0.2) is 0 Å². The summed E-state index contributed by atoms with van der Waals surface area (Å²) < 4.78 is 5.02. The predicted octanol–water partition coefficient (Wildman–Crippen LogP) is 1.87. The van der Waals surface area contributed by atoms with Gasteiger partial charge in [-0.3, -0.25) is 0 Å². The Morgan fingerprint density at radius 1 is 1.45 bits per heavy atom. The molecule has 1 aliphatic rings. The van der Waals surface area contributed by atoms with Crippen LogP contribution < -0.4 is 5.73 Å². The van der Waals surface area contributed by atoms with Crippen molar-refractivity contribution in [3.05, 3.63) is 24.2 Å². The molecule has 0 aliphatic heterocycles. The second-order valence-electron chi connectivity index (χ2n) is 3.26. The molecule has 0 spiro atoms. The van der Waals surface area contributed by atoms with Gasteiger partial charge >= 0.3 is 0 Å². The van der Waals surface area contributed by atoms with Crippen molar-refractivity contribution in [1.82, 2.24) is 0 Å². The van der Waals surface area contributed by atoms with Crippen LogP contribution in [0.1, 0.15) is 30.7 Å². The minimum Gasteiger partial charge on any atom is -0.472 e. The second kappa shape index (κ2) is 2.70. The molecule has 1 aromatic heterocycles. The van der Waals surface area contributed by atoms with Crippen LogP contribution in [0.2, 0.25) is 0 Å². The van der Waals surface area contributed by atoms with E-state index in [0.717, 1.165) is 6.42 Å². The van der Waals surface area contributed by atoms with Crippen LogP contribution in [0.15, 0.2) is 23.0 Å². The summed E-state index contributed by atoms with van der Waals surface area (Å²) in [5.41, 5.74) is 7.20. The van der Waals surface area contributed by atoms with Crippen molar-refractivity contribution in [1.29, 1.82) is 0 Å². The molecule has 0 radical (unpaired) electrons. The highest BCUT2D eigenvalue weighted by atomic mass is 16.3. The lowest BCUT2D eigenvalue weighted by Crippen LogP contribution is -2.22. The molecule has 0 saturated heterocycles. The Balaban J connectivity index is 2.16. The normalized spacial score (nSPS) is 31.0. The molecule has 11 heavy (non-hydrogen) atoms. The van der Waals surface area contributed by atoms with Gasteiger partial charge in [-0.2, -0.15) is 0 Å². The summed E-state index contributed by atoms with van der Waals surface area (Å²) in [5.74, 6) is 0.550. The molecule has 2 N–H and O–H groups in total. The number of hydrogen-bond donors (Lipinski definition) is 1. The summed E-state index contributed by atoms with van der Waals surface area (Å²) in [7, 11) is 0. The van der Waals surface area contributed by atoms with Gasteiger partial charge in [-0.25, -0.2) is 0 Å². The minimum absolute atomic E-state index is 0.354. The monoisotopic (exact) mass is 151 g/mol. The molecule has 0 aromatic carbocycles. The summed E-state index contributed by atoms with van der Waals surface area (Å²) in [5, 5.41) is 0. The van der Waals surface area contributed by atoms with Crippen molar-refractivity contribution >= 4 is 0 Å². The highest BCUT2D eigenvalue weighted by Crippen LogP contribution is 2.33. The van der Waals surface area contributed by atoms with Crippen LogP contribution in [0, 0.1) is 0 Å². The lowest BCUT2D eigenvalue weighted by atomic mass is 9.98. The molecule has 1 saturated carbocycles. The van der Waals surface area contributed by atoms with Crippen molar-refractivity contribution in [2.24, 2.45) is 5.73 Å². The van der Waals surface area contributed by atoms with E-state index in [0.29, 0.717) is 12.0 Å². The van der Waals surface area contributed by atoms with E-state index < -0.39 is 0 Å². The Morgan fingerprint density at radius 2 is 2.36 bits per heavy atom. The predicted molar refractivity (Wildman–Crippen MR) is 43.3 cm³/mol. The van der Waals surface area contributed by atoms with Gasteiger partial charge in [0.05, 0.1) is 12.5 Å². The third-order valence-corrected chi connectivity index (χ3v) is 2.54. The first-order chi connectivity index (χ1) is 5.38. The smallest absolute Gasteiger partial charge is 0.0937 e. The summed E-state index contributed by atoms with van der Waals surface area (Å²) in [6.45, 7) is 0. The molecule has 1 aromatic rings. The SMILES string of the molecule is NC1CCCC1c1ccoc1. The fourth-order valence-electron chi connectivity index (χ4n) is 1.89. The van der Waals surface area contributed by atoms with Crippen LogP contribution in [0.25, 0.3) is 0 Å². The number of nitrogens with two attached hydrogens (primary N) is 1. The summed E-state index contributed by atoms with van der Waals surface area (Å²) in [4.78, 5) is 0. The maximum absolute atomic E-state index is 5.93. The van der Waals surface area contributed by atoms with Crippen molar-refractivity contribution in [2.45, 2.75) is 31.2 Å². The zero-order valence-corrected chi connectivity index (χ0v) is 6.49. The first-order valence-corrected chi connectivity index (χ1v) is 4.15. The van der Waals surface area contributed by atoms with Crippen molar-refractivity contribution in [3.63, 3.8) is 0 Å². The van der Waals surface area contributed by atoms with Crippen LogP contribution in [0.5, 0.6) is 0 Å². The molecular weight excluding hydrogens is 138 g/mol. The van der Waals surface area contributed by atoms with E-state index in [-0.39, 0.29) is 0 Å². The maximum atomic E-state index is 5.93. The Bertz CT molecular complexity index is 217. The van der Waals surface area contributed by atoms with Gasteiger partial charge in [0.25, 0.3) is 0 Å². The first-order valence-electron chi connectivity index (χ1n) is 4.15. The van der Waals surface area contributed by atoms with Gasteiger partial charge in [0.1, 0.15) is 0 Å². The molecule has 2 atom stereocenters. The fraction of sp³-hybridized carbons (Fsp3) is 0.556. The molecule has 2 rings (SSSR count). The first kappa shape index (κ1) is 6.92. The zero-order valence-electron chi connectivity index (χ0n) is 6.49. The van der Waals surface area contributed by atoms with Gasteiger partial charge < -0.3 is 10.2 Å². The lowest BCUT2D eigenvalue weighted by Gasteiger charge is -2.11. The molecule has 0 bridgehead atoms. The van der Waals surface area contributed by atoms with Crippen molar-refractivity contribution < 1.29 is 4.42 Å². The van der Waals surface area contributed by atoms with E-state index in [2.05, 4.69) is 0 Å². The van der Waals surface area contributed by atoms with Gasteiger partial charge in [-0.05, 0) is 24.5 Å². The Morgan fingerprint density at radius 3 is 2.91 bits per heavy atom. The molecule has 2 nitrogen and oxygen atoms in total. The Labute approximate surface area is 66.4 Å². The van der Waals surface area contributed by atoms with E-state index in [1.165, 1.54) is 18.4 Å². The van der Waals surface area contributed by atoms with E-state index in [4.69, 9.17) is 10.2 Å². The number of rotatable bonds is 1. The maximum Gasteiger partial charge on any atom is 0.0937 e. The van der Waals surface area contributed by atoms with Crippen LogP contribution in [-0.2, 0) is 0 Å². The third-order valence-electron chi connectivity index (χ3n) is 2.54. The summed E-state index contributed by atoms with van der Waals surface area (Å²) >= 11 is 0. The molecule has 1 heterocycles. The minimum atomic E-state index is 0.354. The van der Waals surface area contributed by atoms with Gasteiger partial charge in [0.2, 0.25) is 0 Å². The van der Waals surface area contributed by atoms with Crippen molar-refractivity contribution in [2.75, 3.05) is 0 Å². The van der Waals surface area contributed by atoms with Gasteiger partial charge in [0, 0.05) is 12.0 Å². The standard InChI is InChI=1S/C9H13NO/c10-9-3-1-2-8(9)7-4-5-11-6-7/h4-6,8-9H,1-3,10H2. The summed E-state index contributed by atoms with van der Waals surface area (Å²) in [6, 6.07) is 2.38. The average molecular weight is 151 g/mol. The van der Waals surface area contributed by atoms with E-state index in [9.17, 15) is 0 Å². The van der Waals surface area contributed by atoms with Crippen molar-refractivity contribution in [3.8, 4) is 0 Å². The highest BCUT2D eigenvalue weighted by molar-refractivity contribution is 5.16. The van der Waals surface area contributed by atoms with E-state index in [1.807, 2.05) is 12.3 Å². The molecule has 0 amide bonds. The Hall–Kier alpha value is -0.760. The van der Waals surface area contributed by atoms with Crippen LogP contribution in [0.3, 0.4) is 0 Å². The number of hydrogen-bond acceptors (Lipinski definition) is 2. The van der Waals surface area contributed by atoms with Crippen LogP contribution in [0.4, 0.5) is 0 Å². The molecule has 2 unspecified atom stereocenters. The van der Waals surface area contributed by atoms with E-state index in [1.54, 1.807) is 6.26 Å². The van der Waals surface area contributed by atoms with Crippen LogP contribution in [-0.4, -0.2) is 6.04 Å². The van der Waals surface area contributed by atoms with Gasteiger partial charge in [-0.1, -0.05) is 6.42 Å². The van der Waals surface area contributed by atoms with E-state index >= 15 is 0 Å². The third kappa shape index (κ3) is 1.18. The largest absolute Gasteiger partial charge is 0.472 e. The molecule has 2 heteroatoms. The quantitative estimate of drug-likeness (QED) is 0.665. The van der Waals surface area contributed by atoms with Gasteiger partial charge in [-0.15, -0.1) is 0 Å². The topological polar surface area (TPSA) is 39.2 Å². The molecular formula is C9H13NO. The Kier molecular flexibility index (Phi) is 1.70. The highest BCUT2D eigenvalue weighted by Gasteiger charge is 2.25. The second-order valence-corrected chi connectivity index (χ2v) is 3.26. The van der Waals surface area contributed by atoms with Crippen LogP contribution >= 0.6 is 0 Å². The molecule has 1 aliphatic carbocycles. The zero-order chi connectivity index (χ0) is 7.68. The molecule has 1 fully saturated rings. The summed E-state index contributed by atoms with van der Waals surface area (Å²) in [6.07, 6.45) is 7.18. The molecule has 60 valence electrons. The lowest BCUT2D eigenvalue weighted by molar-refractivity contribution is 0.549. The fourth-order valence-corrected chi connectivity index (χ4v) is 1.89. The average Bonchev–Trinajstić information content (AvgIpc) is 2.55.